The summed E-state index contributed by atoms with van der Waals surface area (Å²) in [5.74, 6) is -2.73. The summed E-state index contributed by atoms with van der Waals surface area (Å²) in [5.41, 5.74) is 0.494. The minimum Gasteiger partial charge on any atom is -0.462 e. The van der Waals surface area contributed by atoms with Crippen molar-refractivity contribution in [3.8, 4) is 11.5 Å². The van der Waals surface area contributed by atoms with Gasteiger partial charge in [0.15, 0.2) is 17.3 Å². The van der Waals surface area contributed by atoms with Crippen molar-refractivity contribution in [2.75, 3.05) is 6.79 Å². The molecule has 1 unspecified atom stereocenters. The summed E-state index contributed by atoms with van der Waals surface area (Å²) in [6.45, 7) is 3.97. The molecule has 0 fully saturated rings. The molecule has 3 heterocycles. The van der Waals surface area contributed by atoms with E-state index >= 15 is 0 Å². The van der Waals surface area contributed by atoms with Gasteiger partial charge < -0.3 is 18.9 Å². The normalized spacial score (nSPS) is 14.6. The van der Waals surface area contributed by atoms with E-state index < -0.39 is 29.8 Å². The average molecular weight is 602 g/mol. The Hall–Kier alpha value is -4.80. The first-order chi connectivity index (χ1) is 21.4. The summed E-state index contributed by atoms with van der Waals surface area (Å²) >= 11 is 0. The van der Waals surface area contributed by atoms with Crippen LogP contribution in [-0.4, -0.2) is 51.5 Å². The molecule has 0 saturated heterocycles. The Morgan fingerprint density at radius 2 is 1.39 bits per heavy atom. The van der Waals surface area contributed by atoms with Gasteiger partial charge in [-0.15, -0.1) is 0 Å². The minimum absolute atomic E-state index is 0.0359. The maximum Gasteiger partial charge on any atom is 0.311 e. The van der Waals surface area contributed by atoms with Gasteiger partial charge in [-0.3, -0.25) is 24.1 Å². The number of unbranched alkanes of at least 4 members (excludes halogenated alkanes) is 4. The highest BCUT2D eigenvalue weighted by Gasteiger charge is 2.48. The van der Waals surface area contributed by atoms with E-state index in [-0.39, 0.29) is 65.5 Å². The monoisotopic (exact) mass is 601 g/mol. The molecule has 2 amide bonds. The second-order valence-corrected chi connectivity index (χ2v) is 10.7. The number of carbonyl (C=O) groups excluding carboxylic acids is 4. The molecule has 11 heteroatoms. The predicted molar refractivity (Wildman–Crippen MR) is 159 cm³/mol. The molecule has 44 heavy (non-hydrogen) atoms. The van der Waals surface area contributed by atoms with Crippen LogP contribution in [0.5, 0.6) is 11.5 Å². The van der Waals surface area contributed by atoms with Crippen LogP contribution in [0, 0.1) is 0 Å². The molecule has 2 aromatic carbocycles. The Kier molecular flexibility index (Phi) is 9.83. The summed E-state index contributed by atoms with van der Waals surface area (Å²) in [6.07, 6.45) is 9.21. The molecular weight excluding hydrogens is 566 g/mol. The predicted octanol–water partition coefficient (Wildman–Crippen LogP) is 5.65. The van der Waals surface area contributed by atoms with E-state index in [2.05, 4.69) is 9.97 Å². The number of carbonyl (C=O) groups is 4. The van der Waals surface area contributed by atoms with E-state index in [1.165, 1.54) is 18.7 Å². The number of aromatic nitrogens is 2. The van der Waals surface area contributed by atoms with Gasteiger partial charge in [0, 0.05) is 31.7 Å². The molecule has 0 radical (unpaired) electrons. The summed E-state index contributed by atoms with van der Waals surface area (Å²) in [6, 6.07) is 8.41. The molecule has 1 atom stereocenters. The van der Waals surface area contributed by atoms with Crippen molar-refractivity contribution >= 4 is 34.8 Å². The van der Waals surface area contributed by atoms with Crippen LogP contribution in [0.3, 0.4) is 0 Å². The quantitative estimate of drug-likeness (QED) is 0.0987. The zero-order valence-corrected chi connectivity index (χ0v) is 24.9. The molecule has 1 aromatic heterocycles. The maximum atomic E-state index is 14.4. The third-order valence-corrected chi connectivity index (χ3v) is 7.50. The van der Waals surface area contributed by atoms with Crippen molar-refractivity contribution in [2.45, 2.75) is 77.7 Å². The summed E-state index contributed by atoms with van der Waals surface area (Å²) in [7, 11) is 0. The van der Waals surface area contributed by atoms with Crippen molar-refractivity contribution in [3.05, 3.63) is 71.4 Å². The minimum atomic E-state index is -0.905. The van der Waals surface area contributed by atoms with Crippen LogP contribution in [-0.2, 0) is 25.5 Å². The van der Waals surface area contributed by atoms with Crippen LogP contribution in [0.4, 0.5) is 0 Å². The smallest absolute Gasteiger partial charge is 0.311 e. The van der Waals surface area contributed by atoms with Gasteiger partial charge in [-0.1, -0.05) is 69.9 Å². The fourth-order valence-corrected chi connectivity index (χ4v) is 5.31. The summed E-state index contributed by atoms with van der Waals surface area (Å²) in [4.78, 5) is 64.4. The maximum absolute atomic E-state index is 14.4. The molecule has 11 nitrogen and oxygen atoms in total. The Labute approximate surface area is 255 Å². The van der Waals surface area contributed by atoms with Crippen LogP contribution in [0.2, 0.25) is 0 Å². The number of hydrogen-bond acceptors (Lipinski definition) is 10. The van der Waals surface area contributed by atoms with Gasteiger partial charge in [0.25, 0.3) is 11.8 Å². The lowest BCUT2D eigenvalue weighted by Crippen LogP contribution is -2.42. The van der Waals surface area contributed by atoms with Crippen molar-refractivity contribution in [3.63, 3.8) is 0 Å². The standard InChI is InChI=1S/C33H35N3O8/c1-3-5-8-14-24(37)43-30-26-27(31(29-28(30)34-16-17-35-29)44-25(38)15-9-6-4-2)33(40)36(32(26)39)22(23-19-41-20-42-23)18-21-12-10-7-11-13-21/h7,10-13,16-17,19,22H,3-6,8-9,14-15,18,20H2,1-2H3. The van der Waals surface area contributed by atoms with E-state index in [0.29, 0.717) is 12.8 Å². The zero-order chi connectivity index (χ0) is 31.1. The van der Waals surface area contributed by atoms with Crippen molar-refractivity contribution < 1.29 is 38.1 Å². The fraction of sp³-hybridized carbons (Fsp3) is 0.394. The Bertz CT molecular complexity index is 1500. The Morgan fingerprint density at radius 3 is 1.86 bits per heavy atom. The van der Waals surface area contributed by atoms with E-state index in [0.717, 1.165) is 36.1 Å². The number of benzene rings is 2. The lowest BCUT2D eigenvalue weighted by atomic mass is 10.0. The molecule has 2 aliphatic heterocycles. The average Bonchev–Trinajstić information content (AvgIpc) is 3.65. The number of nitrogens with zero attached hydrogens (tertiary/aromatic N) is 3. The molecule has 230 valence electrons. The number of fused-ring (bicyclic) bond motifs is 2. The van der Waals surface area contributed by atoms with Gasteiger partial charge in [-0.2, -0.15) is 0 Å². The number of ether oxygens (including phenoxy) is 4. The molecule has 3 aromatic rings. The van der Waals surface area contributed by atoms with Gasteiger partial charge in [-0.25, -0.2) is 9.97 Å². The molecule has 2 aliphatic rings. The molecule has 0 N–H and O–H groups in total. The van der Waals surface area contributed by atoms with Crippen molar-refractivity contribution in [1.29, 1.82) is 0 Å². The van der Waals surface area contributed by atoms with Crippen LogP contribution in [0.15, 0.2) is 54.7 Å². The van der Waals surface area contributed by atoms with E-state index in [9.17, 15) is 19.2 Å². The second-order valence-electron chi connectivity index (χ2n) is 10.7. The summed E-state index contributed by atoms with van der Waals surface area (Å²) < 4.78 is 22.6. The summed E-state index contributed by atoms with van der Waals surface area (Å²) in [5, 5.41) is 0. The highest BCUT2D eigenvalue weighted by Crippen LogP contribution is 2.45. The SMILES string of the molecule is CCCCCC(=O)Oc1c2c(c(OC(=O)CCCCC)c3nccnc13)C(=O)N(C(Cc1ccccc1)C1=COCO1)C2=O. The van der Waals surface area contributed by atoms with E-state index in [4.69, 9.17) is 18.9 Å². The second kappa shape index (κ2) is 14.1. The first-order valence-electron chi connectivity index (χ1n) is 15.0. The largest absolute Gasteiger partial charge is 0.462 e. The fourth-order valence-electron chi connectivity index (χ4n) is 5.31. The van der Waals surface area contributed by atoms with Crippen molar-refractivity contribution in [2.24, 2.45) is 0 Å². The van der Waals surface area contributed by atoms with Crippen LogP contribution >= 0.6 is 0 Å². The van der Waals surface area contributed by atoms with Crippen LogP contribution < -0.4 is 9.47 Å². The lowest BCUT2D eigenvalue weighted by Gasteiger charge is -2.26. The van der Waals surface area contributed by atoms with Gasteiger partial charge in [0.1, 0.15) is 34.5 Å². The molecule has 0 saturated carbocycles. The Balaban J connectivity index is 1.64. The van der Waals surface area contributed by atoms with Gasteiger partial charge in [0.05, 0.1) is 0 Å². The van der Waals surface area contributed by atoms with Crippen LogP contribution in [0.25, 0.3) is 11.0 Å². The first-order valence-corrected chi connectivity index (χ1v) is 15.0. The van der Waals surface area contributed by atoms with Gasteiger partial charge in [-0.05, 0) is 18.4 Å². The number of esters is 2. The Morgan fingerprint density at radius 1 is 0.841 bits per heavy atom. The molecule has 0 spiro atoms. The number of imide groups is 1. The highest BCUT2D eigenvalue weighted by molar-refractivity contribution is 6.27. The molecule has 0 aliphatic carbocycles. The topological polar surface area (TPSA) is 134 Å². The molecule has 5 rings (SSSR count). The van der Waals surface area contributed by atoms with Crippen LogP contribution in [0.1, 0.15) is 91.5 Å². The third-order valence-electron chi connectivity index (χ3n) is 7.50. The van der Waals surface area contributed by atoms with E-state index in [1.54, 1.807) is 0 Å². The first kappa shape index (κ1) is 30.7. The molecule has 0 bridgehead atoms. The third kappa shape index (κ3) is 6.41. The van der Waals surface area contributed by atoms with E-state index in [1.807, 2.05) is 44.2 Å². The zero-order valence-electron chi connectivity index (χ0n) is 24.9. The number of amides is 2. The van der Waals surface area contributed by atoms with Gasteiger partial charge >= 0.3 is 11.9 Å². The highest BCUT2D eigenvalue weighted by atomic mass is 16.7. The lowest BCUT2D eigenvalue weighted by molar-refractivity contribution is -0.135. The van der Waals surface area contributed by atoms with Crippen molar-refractivity contribution in [1.82, 2.24) is 14.9 Å². The van der Waals surface area contributed by atoms with Gasteiger partial charge in [0.2, 0.25) is 6.79 Å². The molecular formula is C33H35N3O8. The number of hydrogen-bond donors (Lipinski definition) is 0. The number of rotatable bonds is 14.